The molecule has 0 aliphatic rings. The number of aliphatic carboxylic acids is 1. The van der Waals surface area contributed by atoms with E-state index < -0.39 is 12.0 Å². The van der Waals surface area contributed by atoms with Crippen molar-refractivity contribution in [2.75, 3.05) is 0 Å². The number of hydrogen-bond acceptors (Lipinski definition) is 3. The van der Waals surface area contributed by atoms with E-state index in [9.17, 15) is 14.7 Å². The smallest absolute Gasteiger partial charge is 0.326 e. The standard InChI is InChI=1S/C19H18N2O3S/c1-11-4-7-14(8-5-11)17(22)20-19-21(13(3)18(23)24)15-9-6-12(2)10-16(15)25-19/h4-10,13H,1-3H3,(H,23,24)/b20-19-. The van der Waals surface area contributed by atoms with Crippen molar-refractivity contribution in [2.45, 2.75) is 26.8 Å². The van der Waals surface area contributed by atoms with E-state index in [0.29, 0.717) is 10.4 Å². The van der Waals surface area contributed by atoms with Gasteiger partial charge in [-0.25, -0.2) is 4.79 Å². The Balaban J connectivity index is 2.20. The van der Waals surface area contributed by atoms with E-state index in [0.717, 1.165) is 21.3 Å². The Hall–Kier alpha value is -2.73. The fourth-order valence-electron chi connectivity index (χ4n) is 2.56. The van der Waals surface area contributed by atoms with Crippen LogP contribution in [0, 0.1) is 13.8 Å². The van der Waals surface area contributed by atoms with Crippen LogP contribution in [0.2, 0.25) is 0 Å². The summed E-state index contributed by atoms with van der Waals surface area (Å²) >= 11 is 1.32. The molecule has 25 heavy (non-hydrogen) atoms. The maximum absolute atomic E-state index is 12.5. The monoisotopic (exact) mass is 354 g/mol. The molecule has 2 aromatic carbocycles. The van der Waals surface area contributed by atoms with Gasteiger partial charge in [-0.15, -0.1) is 0 Å². The molecule has 3 rings (SSSR count). The van der Waals surface area contributed by atoms with Crippen LogP contribution in [0.25, 0.3) is 10.2 Å². The highest BCUT2D eigenvalue weighted by Gasteiger charge is 2.19. The molecule has 0 saturated heterocycles. The van der Waals surface area contributed by atoms with E-state index in [4.69, 9.17) is 0 Å². The first kappa shape index (κ1) is 17.1. The van der Waals surface area contributed by atoms with Gasteiger partial charge in [0.05, 0.1) is 10.2 Å². The molecule has 6 heteroatoms. The molecule has 1 amide bonds. The van der Waals surface area contributed by atoms with Gasteiger partial charge in [-0.2, -0.15) is 4.99 Å². The molecule has 0 saturated carbocycles. The number of carbonyl (C=O) groups excluding carboxylic acids is 1. The van der Waals surface area contributed by atoms with Crippen LogP contribution in [-0.4, -0.2) is 21.6 Å². The summed E-state index contributed by atoms with van der Waals surface area (Å²) in [6, 6.07) is 12.1. The molecule has 128 valence electrons. The molecule has 5 nitrogen and oxygen atoms in total. The van der Waals surface area contributed by atoms with E-state index in [2.05, 4.69) is 4.99 Å². The second-order valence-corrected chi connectivity index (χ2v) is 7.03. The molecule has 0 fully saturated rings. The number of thiazole rings is 1. The van der Waals surface area contributed by atoms with Crippen molar-refractivity contribution >= 4 is 33.4 Å². The predicted octanol–water partition coefficient (Wildman–Crippen LogP) is 3.71. The lowest BCUT2D eigenvalue weighted by Gasteiger charge is -2.10. The summed E-state index contributed by atoms with van der Waals surface area (Å²) in [7, 11) is 0. The van der Waals surface area contributed by atoms with Crippen LogP contribution in [0.1, 0.15) is 34.5 Å². The number of carbonyl (C=O) groups is 2. The van der Waals surface area contributed by atoms with Gasteiger partial charge in [0.1, 0.15) is 6.04 Å². The number of fused-ring (bicyclic) bond motifs is 1. The predicted molar refractivity (Wildman–Crippen MR) is 98.0 cm³/mol. The molecule has 1 N–H and O–H groups in total. The fourth-order valence-corrected chi connectivity index (χ4v) is 3.76. The van der Waals surface area contributed by atoms with Crippen LogP contribution in [0.15, 0.2) is 47.5 Å². The summed E-state index contributed by atoms with van der Waals surface area (Å²) < 4.78 is 2.51. The van der Waals surface area contributed by atoms with Crippen molar-refractivity contribution in [3.63, 3.8) is 0 Å². The second-order valence-electron chi connectivity index (χ2n) is 6.02. The van der Waals surface area contributed by atoms with Gasteiger partial charge in [0.25, 0.3) is 5.91 Å². The number of benzene rings is 2. The van der Waals surface area contributed by atoms with Crippen LogP contribution >= 0.6 is 11.3 Å². The Bertz CT molecular complexity index is 1030. The lowest BCUT2D eigenvalue weighted by molar-refractivity contribution is -0.140. The van der Waals surface area contributed by atoms with Gasteiger partial charge >= 0.3 is 5.97 Å². The molecule has 1 aromatic heterocycles. The van der Waals surface area contributed by atoms with E-state index in [1.165, 1.54) is 11.3 Å². The molecule has 0 bridgehead atoms. The Morgan fingerprint density at radius 1 is 1.08 bits per heavy atom. The third-order valence-corrected chi connectivity index (χ3v) is 5.04. The summed E-state index contributed by atoms with van der Waals surface area (Å²) in [6.07, 6.45) is 0. The zero-order chi connectivity index (χ0) is 18.1. The minimum absolute atomic E-state index is 0.380. The van der Waals surface area contributed by atoms with Crippen LogP contribution < -0.4 is 4.80 Å². The highest BCUT2D eigenvalue weighted by molar-refractivity contribution is 7.16. The first-order chi connectivity index (χ1) is 11.9. The zero-order valence-corrected chi connectivity index (χ0v) is 15.0. The molecule has 1 unspecified atom stereocenters. The average Bonchev–Trinajstić information content (AvgIpc) is 2.91. The van der Waals surface area contributed by atoms with E-state index in [1.54, 1.807) is 23.6 Å². The van der Waals surface area contributed by atoms with Gasteiger partial charge in [-0.05, 0) is 50.6 Å². The van der Waals surface area contributed by atoms with Gasteiger partial charge in [0, 0.05) is 5.56 Å². The van der Waals surface area contributed by atoms with Crippen LogP contribution in [0.3, 0.4) is 0 Å². The topological polar surface area (TPSA) is 71.7 Å². The molecular weight excluding hydrogens is 336 g/mol. The molecule has 0 aliphatic heterocycles. The second kappa shape index (κ2) is 6.64. The Morgan fingerprint density at radius 2 is 1.72 bits per heavy atom. The molecular formula is C19H18N2O3S. The number of aryl methyl sites for hydroxylation is 2. The number of amides is 1. The molecule has 3 aromatic rings. The number of carboxylic acid groups (broad SMARTS) is 1. The van der Waals surface area contributed by atoms with Crippen molar-refractivity contribution in [3.05, 3.63) is 64.0 Å². The average molecular weight is 354 g/mol. The van der Waals surface area contributed by atoms with Gasteiger partial charge < -0.3 is 9.67 Å². The highest BCUT2D eigenvalue weighted by atomic mass is 32.1. The van der Waals surface area contributed by atoms with E-state index >= 15 is 0 Å². The summed E-state index contributed by atoms with van der Waals surface area (Å²) in [5, 5.41) is 9.43. The summed E-state index contributed by atoms with van der Waals surface area (Å²) in [4.78, 5) is 28.6. The number of hydrogen-bond donors (Lipinski definition) is 1. The normalized spacial score (nSPS) is 13.2. The first-order valence-corrected chi connectivity index (χ1v) is 8.68. The molecule has 1 atom stereocenters. The lowest BCUT2D eigenvalue weighted by Crippen LogP contribution is -2.25. The quantitative estimate of drug-likeness (QED) is 0.779. The summed E-state index contributed by atoms with van der Waals surface area (Å²) in [5.41, 5.74) is 3.37. The van der Waals surface area contributed by atoms with Crippen molar-refractivity contribution in [2.24, 2.45) is 4.99 Å². The lowest BCUT2D eigenvalue weighted by atomic mass is 10.1. The fraction of sp³-hybridized carbons (Fsp3) is 0.211. The number of rotatable bonds is 3. The molecule has 0 spiro atoms. The Labute approximate surface area is 148 Å². The van der Waals surface area contributed by atoms with Crippen molar-refractivity contribution < 1.29 is 14.7 Å². The van der Waals surface area contributed by atoms with Crippen LogP contribution in [0.4, 0.5) is 0 Å². The van der Waals surface area contributed by atoms with Gasteiger partial charge in [-0.1, -0.05) is 35.1 Å². The Morgan fingerprint density at radius 3 is 2.36 bits per heavy atom. The van der Waals surface area contributed by atoms with Crippen molar-refractivity contribution in [3.8, 4) is 0 Å². The number of carboxylic acids is 1. The minimum atomic E-state index is -0.968. The van der Waals surface area contributed by atoms with Gasteiger partial charge in [-0.3, -0.25) is 4.79 Å². The van der Waals surface area contributed by atoms with Gasteiger partial charge in [0.15, 0.2) is 4.80 Å². The maximum Gasteiger partial charge on any atom is 0.326 e. The first-order valence-electron chi connectivity index (χ1n) is 7.87. The van der Waals surface area contributed by atoms with E-state index in [-0.39, 0.29) is 5.91 Å². The van der Waals surface area contributed by atoms with E-state index in [1.807, 2.05) is 44.2 Å². The highest BCUT2D eigenvalue weighted by Crippen LogP contribution is 2.22. The Kier molecular flexibility index (Phi) is 4.55. The molecule has 1 heterocycles. The number of nitrogens with zero attached hydrogens (tertiary/aromatic N) is 2. The third kappa shape index (κ3) is 3.39. The van der Waals surface area contributed by atoms with Gasteiger partial charge in [0.2, 0.25) is 0 Å². The SMILES string of the molecule is Cc1ccc(C(=O)/N=c2\sc3cc(C)ccc3n2C(C)C(=O)O)cc1. The summed E-state index contributed by atoms with van der Waals surface area (Å²) in [6.45, 7) is 5.50. The van der Waals surface area contributed by atoms with Crippen LogP contribution in [-0.2, 0) is 4.79 Å². The van der Waals surface area contributed by atoms with Crippen molar-refractivity contribution in [1.29, 1.82) is 0 Å². The molecule has 0 radical (unpaired) electrons. The minimum Gasteiger partial charge on any atom is -0.480 e. The third-order valence-electron chi connectivity index (χ3n) is 4.02. The largest absolute Gasteiger partial charge is 0.480 e. The maximum atomic E-state index is 12.5. The molecule has 0 aliphatic carbocycles. The number of aromatic nitrogens is 1. The van der Waals surface area contributed by atoms with Crippen molar-refractivity contribution in [1.82, 2.24) is 4.57 Å². The summed E-state index contributed by atoms with van der Waals surface area (Å²) in [5.74, 6) is -1.35. The zero-order valence-electron chi connectivity index (χ0n) is 14.2. The van der Waals surface area contributed by atoms with Crippen LogP contribution in [0.5, 0.6) is 0 Å².